The molecule has 18 heavy (non-hydrogen) atoms. The van der Waals surface area contributed by atoms with E-state index in [1.165, 1.54) is 19.3 Å². The van der Waals surface area contributed by atoms with Gasteiger partial charge in [-0.05, 0) is 25.2 Å². The molecule has 2 rings (SSSR count). The van der Waals surface area contributed by atoms with Crippen molar-refractivity contribution in [3.05, 3.63) is 17.0 Å². The average molecular weight is 270 g/mol. The summed E-state index contributed by atoms with van der Waals surface area (Å²) in [5.41, 5.74) is 0. The highest BCUT2D eigenvalue weighted by Gasteiger charge is 2.16. The number of hydrogen-bond donors (Lipinski definition) is 0. The highest BCUT2D eigenvalue weighted by Crippen LogP contribution is 2.22. The Morgan fingerprint density at radius 3 is 3.00 bits per heavy atom. The summed E-state index contributed by atoms with van der Waals surface area (Å²) in [6.07, 6.45) is 3.71. The fourth-order valence-corrected chi connectivity index (χ4v) is 2.49. The molecule has 4 nitrogen and oxygen atoms in total. The molecule has 0 radical (unpaired) electrons. The molecule has 0 aromatic carbocycles. The van der Waals surface area contributed by atoms with E-state index in [-0.39, 0.29) is 0 Å². The van der Waals surface area contributed by atoms with Crippen molar-refractivity contribution in [2.75, 3.05) is 25.1 Å². The molecule has 1 aliphatic rings. The number of rotatable bonds is 3. The highest BCUT2D eigenvalue weighted by atomic mass is 35.5. The molecule has 1 atom stereocenters. The Morgan fingerprint density at radius 2 is 2.22 bits per heavy atom. The Morgan fingerprint density at radius 1 is 1.39 bits per heavy atom. The van der Waals surface area contributed by atoms with Gasteiger partial charge in [-0.15, -0.1) is 0 Å². The molecule has 1 saturated heterocycles. The molecule has 2 heterocycles. The van der Waals surface area contributed by atoms with Crippen LogP contribution in [0.2, 0.25) is 5.15 Å². The van der Waals surface area contributed by atoms with Crippen LogP contribution in [0.5, 0.6) is 0 Å². The van der Waals surface area contributed by atoms with E-state index in [0.717, 1.165) is 24.8 Å². The van der Waals surface area contributed by atoms with Crippen LogP contribution >= 0.6 is 11.6 Å². The largest absolute Gasteiger partial charge is 0.377 e. The molecule has 0 bridgehead atoms. The molecule has 5 heteroatoms. The van der Waals surface area contributed by atoms with Crippen molar-refractivity contribution in [2.45, 2.75) is 32.8 Å². The van der Waals surface area contributed by atoms with Crippen LogP contribution in [0, 0.1) is 5.92 Å². The van der Waals surface area contributed by atoms with Gasteiger partial charge in [-0.3, -0.25) is 0 Å². The zero-order valence-electron chi connectivity index (χ0n) is 11.0. The first-order valence-corrected chi connectivity index (χ1v) is 6.84. The van der Waals surface area contributed by atoms with Crippen molar-refractivity contribution in [1.29, 1.82) is 0 Å². The fourth-order valence-electron chi connectivity index (χ4n) is 2.30. The van der Waals surface area contributed by atoms with Gasteiger partial charge in [-0.2, -0.15) is 0 Å². The lowest BCUT2D eigenvalue weighted by atomic mass is 10.0. The predicted molar refractivity (Wildman–Crippen MR) is 73.0 cm³/mol. The lowest BCUT2D eigenvalue weighted by Gasteiger charge is -2.22. The molecule has 1 fully saturated rings. The molecule has 1 aromatic rings. The maximum Gasteiger partial charge on any atom is 0.158 e. The van der Waals surface area contributed by atoms with Crippen LogP contribution in [-0.2, 0) is 11.3 Å². The third-order valence-corrected chi connectivity index (χ3v) is 3.54. The first-order chi connectivity index (χ1) is 8.69. The van der Waals surface area contributed by atoms with Gasteiger partial charge in [0.1, 0.15) is 17.6 Å². The molecule has 0 saturated carbocycles. The number of halogens is 1. The number of anilines is 1. The van der Waals surface area contributed by atoms with Gasteiger partial charge in [-0.25, -0.2) is 9.97 Å². The lowest BCUT2D eigenvalue weighted by molar-refractivity contribution is 0.178. The normalized spacial score (nSPS) is 20.8. The maximum absolute atomic E-state index is 6.04. The van der Waals surface area contributed by atoms with Crippen LogP contribution in [-0.4, -0.2) is 30.2 Å². The molecule has 100 valence electrons. The summed E-state index contributed by atoms with van der Waals surface area (Å²) < 4.78 is 5.06. The van der Waals surface area contributed by atoms with Crippen LogP contribution in [0.4, 0.5) is 5.82 Å². The van der Waals surface area contributed by atoms with E-state index in [1.807, 2.05) is 6.07 Å². The molecular formula is C13H20ClN3O. The summed E-state index contributed by atoms with van der Waals surface area (Å²) in [6, 6.07) is 1.84. The van der Waals surface area contributed by atoms with Gasteiger partial charge in [0.2, 0.25) is 0 Å². The Bertz CT molecular complexity index is 400. The van der Waals surface area contributed by atoms with E-state index in [4.69, 9.17) is 16.3 Å². The summed E-state index contributed by atoms with van der Waals surface area (Å²) in [5, 5.41) is 0.490. The molecule has 0 aliphatic carbocycles. The SMILES string of the molecule is COCc1nc(Cl)cc(N2CCCC(C)CC2)n1. The van der Waals surface area contributed by atoms with Gasteiger partial charge in [-0.1, -0.05) is 18.5 Å². The summed E-state index contributed by atoms with van der Waals surface area (Å²) in [5.74, 6) is 2.37. The fraction of sp³-hybridized carbons (Fsp3) is 0.692. The number of nitrogens with zero attached hydrogens (tertiary/aromatic N) is 3. The van der Waals surface area contributed by atoms with Crippen molar-refractivity contribution in [2.24, 2.45) is 5.92 Å². The zero-order chi connectivity index (χ0) is 13.0. The summed E-state index contributed by atoms with van der Waals surface area (Å²) in [6.45, 7) is 4.80. The molecule has 1 unspecified atom stereocenters. The third kappa shape index (κ3) is 3.56. The lowest BCUT2D eigenvalue weighted by Crippen LogP contribution is -2.25. The smallest absolute Gasteiger partial charge is 0.158 e. The van der Waals surface area contributed by atoms with Crippen LogP contribution in [0.3, 0.4) is 0 Å². The number of ether oxygens (including phenoxy) is 1. The Kier molecular flexibility index (Phi) is 4.78. The van der Waals surface area contributed by atoms with E-state index in [2.05, 4.69) is 21.8 Å². The van der Waals surface area contributed by atoms with Gasteiger partial charge in [0, 0.05) is 26.3 Å². The standard InChI is InChI=1S/C13H20ClN3O/c1-10-4-3-6-17(7-5-10)13-8-11(14)15-12(16-13)9-18-2/h8,10H,3-7,9H2,1-2H3. The molecular weight excluding hydrogens is 250 g/mol. The summed E-state index contributed by atoms with van der Waals surface area (Å²) >= 11 is 6.04. The average Bonchev–Trinajstić information content (AvgIpc) is 2.54. The van der Waals surface area contributed by atoms with Crippen LogP contribution in [0.1, 0.15) is 32.0 Å². The summed E-state index contributed by atoms with van der Waals surface area (Å²) in [7, 11) is 1.64. The highest BCUT2D eigenvalue weighted by molar-refractivity contribution is 6.29. The Hall–Kier alpha value is -0.870. The first kappa shape index (κ1) is 13.6. The molecule has 0 N–H and O–H groups in total. The van der Waals surface area contributed by atoms with Crippen molar-refractivity contribution in [3.8, 4) is 0 Å². The zero-order valence-corrected chi connectivity index (χ0v) is 11.8. The topological polar surface area (TPSA) is 38.2 Å². The van der Waals surface area contributed by atoms with Crippen molar-refractivity contribution in [3.63, 3.8) is 0 Å². The van der Waals surface area contributed by atoms with E-state index in [1.54, 1.807) is 7.11 Å². The van der Waals surface area contributed by atoms with E-state index in [0.29, 0.717) is 17.6 Å². The minimum absolute atomic E-state index is 0.401. The maximum atomic E-state index is 6.04. The van der Waals surface area contributed by atoms with Gasteiger partial charge in [0.05, 0.1) is 0 Å². The van der Waals surface area contributed by atoms with Crippen molar-refractivity contribution < 1.29 is 4.74 Å². The second-order valence-corrected chi connectivity index (χ2v) is 5.31. The second-order valence-electron chi connectivity index (χ2n) is 4.92. The monoisotopic (exact) mass is 269 g/mol. The number of hydrogen-bond acceptors (Lipinski definition) is 4. The first-order valence-electron chi connectivity index (χ1n) is 6.46. The van der Waals surface area contributed by atoms with Gasteiger partial charge >= 0.3 is 0 Å². The second kappa shape index (κ2) is 6.34. The van der Waals surface area contributed by atoms with Crippen molar-refractivity contribution in [1.82, 2.24) is 9.97 Å². The Labute approximate surface area is 113 Å². The Balaban J connectivity index is 2.15. The predicted octanol–water partition coefficient (Wildman–Crippen LogP) is 2.90. The van der Waals surface area contributed by atoms with E-state index in [9.17, 15) is 0 Å². The van der Waals surface area contributed by atoms with E-state index >= 15 is 0 Å². The quantitative estimate of drug-likeness (QED) is 0.791. The number of aromatic nitrogens is 2. The molecule has 1 aromatic heterocycles. The number of methoxy groups -OCH3 is 1. The van der Waals surface area contributed by atoms with E-state index < -0.39 is 0 Å². The summed E-state index contributed by atoms with van der Waals surface area (Å²) in [4.78, 5) is 11.0. The van der Waals surface area contributed by atoms with Gasteiger partial charge in [0.25, 0.3) is 0 Å². The minimum atomic E-state index is 0.401. The van der Waals surface area contributed by atoms with Crippen molar-refractivity contribution >= 4 is 17.4 Å². The molecule has 1 aliphatic heterocycles. The van der Waals surface area contributed by atoms with Crippen LogP contribution in [0.15, 0.2) is 6.07 Å². The van der Waals surface area contributed by atoms with Crippen LogP contribution in [0.25, 0.3) is 0 Å². The third-order valence-electron chi connectivity index (χ3n) is 3.34. The molecule has 0 spiro atoms. The molecule has 0 amide bonds. The van der Waals surface area contributed by atoms with Gasteiger partial charge < -0.3 is 9.64 Å². The van der Waals surface area contributed by atoms with Gasteiger partial charge in [0.15, 0.2) is 5.82 Å². The van der Waals surface area contributed by atoms with Crippen LogP contribution < -0.4 is 4.90 Å². The minimum Gasteiger partial charge on any atom is -0.377 e.